The van der Waals surface area contributed by atoms with Crippen molar-refractivity contribution in [2.24, 2.45) is 11.7 Å². The molecule has 0 radical (unpaired) electrons. The van der Waals surface area contributed by atoms with Gasteiger partial charge in [0.05, 0.1) is 0 Å². The van der Waals surface area contributed by atoms with E-state index < -0.39 is 0 Å². The van der Waals surface area contributed by atoms with Gasteiger partial charge in [-0.2, -0.15) is 0 Å². The summed E-state index contributed by atoms with van der Waals surface area (Å²) in [6.45, 7) is 5.20. The van der Waals surface area contributed by atoms with Crippen molar-refractivity contribution in [2.75, 3.05) is 6.54 Å². The average Bonchev–Trinajstić information content (AvgIpc) is 2.07. The van der Waals surface area contributed by atoms with E-state index in [0.717, 1.165) is 6.54 Å². The maximum atomic E-state index is 5.64. The van der Waals surface area contributed by atoms with Crippen molar-refractivity contribution in [3.8, 4) is 0 Å². The smallest absolute Gasteiger partial charge is 0.00141 e. The molecule has 2 N–H and O–H groups in total. The van der Waals surface area contributed by atoms with E-state index in [-0.39, 0.29) is 0 Å². The molecule has 1 rings (SSSR count). The molecule has 0 saturated heterocycles. The molecule has 0 spiro atoms. The van der Waals surface area contributed by atoms with Crippen LogP contribution in [0.3, 0.4) is 0 Å². The fourth-order valence-corrected chi connectivity index (χ4v) is 1.54. The molecule has 0 heterocycles. The fourth-order valence-electron chi connectivity index (χ4n) is 1.54. The Morgan fingerprint density at radius 3 is 2.92 bits per heavy atom. The van der Waals surface area contributed by atoms with Crippen molar-refractivity contribution in [2.45, 2.75) is 33.1 Å². The van der Waals surface area contributed by atoms with E-state index in [1.54, 1.807) is 0 Å². The fraction of sp³-hybridized carbons (Fsp3) is 0.636. The van der Waals surface area contributed by atoms with Gasteiger partial charge in [-0.05, 0) is 45.6 Å². The second-order valence-corrected chi connectivity index (χ2v) is 3.71. The monoisotopic (exact) mass is 165 g/mol. The summed E-state index contributed by atoms with van der Waals surface area (Å²) >= 11 is 0. The first-order valence-corrected chi connectivity index (χ1v) is 4.78. The van der Waals surface area contributed by atoms with Gasteiger partial charge in [-0.1, -0.05) is 23.3 Å². The quantitative estimate of drug-likeness (QED) is 0.635. The Morgan fingerprint density at radius 2 is 2.25 bits per heavy atom. The minimum absolute atomic E-state index is 0.605. The van der Waals surface area contributed by atoms with Crippen molar-refractivity contribution in [3.05, 3.63) is 23.3 Å². The third kappa shape index (κ3) is 2.49. The van der Waals surface area contributed by atoms with Gasteiger partial charge in [0.25, 0.3) is 0 Å². The van der Waals surface area contributed by atoms with Gasteiger partial charge in [-0.3, -0.25) is 0 Å². The lowest BCUT2D eigenvalue weighted by molar-refractivity contribution is 0.564. The topological polar surface area (TPSA) is 26.0 Å². The van der Waals surface area contributed by atoms with Crippen molar-refractivity contribution in [3.63, 3.8) is 0 Å². The van der Waals surface area contributed by atoms with Gasteiger partial charge in [-0.25, -0.2) is 0 Å². The molecule has 0 saturated carbocycles. The summed E-state index contributed by atoms with van der Waals surface area (Å²) in [5, 5.41) is 0. The lowest BCUT2D eigenvalue weighted by Crippen LogP contribution is -2.12. The maximum absolute atomic E-state index is 5.64. The molecule has 1 nitrogen and oxygen atoms in total. The van der Waals surface area contributed by atoms with Gasteiger partial charge >= 0.3 is 0 Å². The van der Waals surface area contributed by atoms with Gasteiger partial charge in [0, 0.05) is 0 Å². The highest BCUT2D eigenvalue weighted by molar-refractivity contribution is 5.23. The van der Waals surface area contributed by atoms with Crippen LogP contribution in [0.2, 0.25) is 0 Å². The van der Waals surface area contributed by atoms with Crippen LogP contribution in [0.1, 0.15) is 33.1 Å². The van der Waals surface area contributed by atoms with Crippen molar-refractivity contribution in [1.82, 2.24) is 0 Å². The first-order valence-electron chi connectivity index (χ1n) is 4.78. The van der Waals surface area contributed by atoms with Gasteiger partial charge in [0.1, 0.15) is 0 Å². The van der Waals surface area contributed by atoms with Gasteiger partial charge < -0.3 is 5.73 Å². The van der Waals surface area contributed by atoms with Crippen molar-refractivity contribution < 1.29 is 0 Å². The zero-order chi connectivity index (χ0) is 8.97. The Hall–Kier alpha value is -0.560. The van der Waals surface area contributed by atoms with Crippen LogP contribution in [0.5, 0.6) is 0 Å². The summed E-state index contributed by atoms with van der Waals surface area (Å²) in [7, 11) is 0. The molecular formula is C11H19N. The van der Waals surface area contributed by atoms with Crippen LogP contribution in [0.4, 0.5) is 0 Å². The zero-order valence-corrected chi connectivity index (χ0v) is 8.14. The molecule has 0 bridgehead atoms. The van der Waals surface area contributed by atoms with Crippen LogP contribution in [0, 0.1) is 5.92 Å². The Bertz CT molecular complexity index is 201. The molecule has 0 aromatic carbocycles. The first-order chi connectivity index (χ1) is 5.74. The van der Waals surface area contributed by atoms with Gasteiger partial charge in [-0.15, -0.1) is 0 Å². The lowest BCUT2D eigenvalue weighted by atomic mass is 9.94. The molecular weight excluding hydrogens is 146 g/mol. The third-order valence-electron chi connectivity index (χ3n) is 2.72. The average molecular weight is 165 g/mol. The van der Waals surface area contributed by atoms with Crippen LogP contribution in [-0.4, -0.2) is 6.54 Å². The number of rotatable bonds is 1. The second-order valence-electron chi connectivity index (χ2n) is 3.71. The van der Waals surface area contributed by atoms with E-state index in [4.69, 9.17) is 5.73 Å². The van der Waals surface area contributed by atoms with Crippen molar-refractivity contribution in [1.29, 1.82) is 0 Å². The number of hydrogen-bond acceptors (Lipinski definition) is 1. The highest BCUT2D eigenvalue weighted by Crippen LogP contribution is 2.20. The predicted octanol–water partition coefficient (Wildman–Crippen LogP) is 2.64. The van der Waals surface area contributed by atoms with Crippen LogP contribution < -0.4 is 5.73 Å². The van der Waals surface area contributed by atoms with Gasteiger partial charge in [0.2, 0.25) is 0 Å². The van der Waals surface area contributed by atoms with Crippen molar-refractivity contribution >= 4 is 0 Å². The second kappa shape index (κ2) is 4.46. The summed E-state index contributed by atoms with van der Waals surface area (Å²) in [5.41, 5.74) is 8.59. The summed E-state index contributed by atoms with van der Waals surface area (Å²) in [6.07, 6.45) is 8.27. The molecule has 0 aliphatic heterocycles. The summed E-state index contributed by atoms with van der Waals surface area (Å²) in [5.74, 6) is 0.605. The highest BCUT2D eigenvalue weighted by Gasteiger charge is 2.05. The third-order valence-corrected chi connectivity index (χ3v) is 2.72. The SMILES string of the molecule is CC1=C(\C)CCCC(CN)/C=C\1. The molecule has 0 aromatic rings. The van der Waals surface area contributed by atoms with E-state index in [9.17, 15) is 0 Å². The zero-order valence-electron chi connectivity index (χ0n) is 8.14. The van der Waals surface area contributed by atoms with E-state index >= 15 is 0 Å². The summed E-state index contributed by atoms with van der Waals surface area (Å²) in [4.78, 5) is 0. The minimum atomic E-state index is 0.605. The van der Waals surface area contributed by atoms with E-state index in [2.05, 4.69) is 26.0 Å². The molecule has 0 fully saturated rings. The normalized spacial score (nSPS) is 34.1. The van der Waals surface area contributed by atoms with Gasteiger partial charge in [0.15, 0.2) is 0 Å². The molecule has 1 atom stereocenters. The molecule has 1 unspecified atom stereocenters. The van der Waals surface area contributed by atoms with E-state index in [1.165, 1.54) is 30.4 Å². The molecule has 68 valence electrons. The largest absolute Gasteiger partial charge is 0.330 e. The van der Waals surface area contributed by atoms with Crippen LogP contribution >= 0.6 is 0 Å². The van der Waals surface area contributed by atoms with Crippen LogP contribution in [0.15, 0.2) is 23.3 Å². The lowest BCUT2D eigenvalue weighted by Gasteiger charge is -2.14. The Morgan fingerprint density at radius 1 is 1.50 bits per heavy atom. The molecule has 1 aliphatic carbocycles. The molecule has 0 amide bonds. The molecule has 0 aromatic heterocycles. The molecule has 12 heavy (non-hydrogen) atoms. The summed E-state index contributed by atoms with van der Waals surface area (Å²) < 4.78 is 0. The van der Waals surface area contributed by atoms with Crippen LogP contribution in [-0.2, 0) is 0 Å². The van der Waals surface area contributed by atoms with E-state index in [0.29, 0.717) is 5.92 Å². The molecule has 1 heteroatoms. The minimum Gasteiger partial charge on any atom is -0.330 e. The number of allylic oxidation sites excluding steroid dienone is 3. The Labute approximate surface area is 75.3 Å². The summed E-state index contributed by atoms with van der Waals surface area (Å²) in [6, 6.07) is 0. The predicted molar refractivity (Wildman–Crippen MR) is 53.9 cm³/mol. The maximum Gasteiger partial charge on any atom is -0.00141 e. The molecule has 1 aliphatic rings. The Balaban J connectivity index is 2.69. The van der Waals surface area contributed by atoms with Crippen LogP contribution in [0.25, 0.3) is 0 Å². The van der Waals surface area contributed by atoms with E-state index in [1.807, 2.05) is 0 Å². The highest BCUT2D eigenvalue weighted by atomic mass is 14.5. The first kappa shape index (κ1) is 9.53. The standard InChI is InChI=1S/C11H19N/c1-9-4-3-5-11(8-12)7-6-10(9)2/h6-7,11H,3-5,8,12H2,1-2H3/b7-6-,10-9-. The number of hydrogen-bond donors (Lipinski definition) is 1. The number of nitrogens with two attached hydrogens (primary N) is 1. The Kier molecular flexibility index (Phi) is 3.54.